The molecular formula is C39H30N4. The summed E-state index contributed by atoms with van der Waals surface area (Å²) in [5.41, 5.74) is 12.6. The summed E-state index contributed by atoms with van der Waals surface area (Å²) in [6, 6.07) is 28.4. The van der Waals surface area contributed by atoms with E-state index in [0.717, 1.165) is 30.5 Å². The van der Waals surface area contributed by atoms with E-state index in [2.05, 4.69) is 120 Å². The molecule has 4 aromatic rings. The van der Waals surface area contributed by atoms with E-state index < -0.39 is 0 Å². The predicted molar refractivity (Wildman–Crippen MR) is 174 cm³/mol. The van der Waals surface area contributed by atoms with Gasteiger partial charge in [-0.15, -0.1) is 0 Å². The lowest BCUT2D eigenvalue weighted by Gasteiger charge is -2.28. The molecule has 0 bridgehead atoms. The lowest BCUT2D eigenvalue weighted by atomic mass is 9.85. The third-order valence-electron chi connectivity index (χ3n) is 9.42. The second-order valence-electron chi connectivity index (χ2n) is 12.0. The molecule has 3 atom stereocenters. The molecule has 0 spiro atoms. The molecule has 0 fully saturated rings. The zero-order valence-electron chi connectivity index (χ0n) is 24.0. The third kappa shape index (κ3) is 3.95. The highest BCUT2D eigenvalue weighted by Gasteiger charge is 2.38. The van der Waals surface area contributed by atoms with Crippen molar-refractivity contribution in [1.29, 1.82) is 10.5 Å². The molecule has 0 saturated heterocycles. The standard InChI is InChI=1S/C39H30N4/c1-25-13-16-37(43-36-12-5-3-9-30(36)33-21-27(24-41)14-17-39(33)43)32(19-25)28-15-18-38-34(22-28)31-10-2-4-11-35(31)42(38)29-8-6-7-26(20-29)23-40/h2-13,15-16,18,20-22,25,31,35H,14,17,19H2,1H3. The van der Waals surface area contributed by atoms with Gasteiger partial charge in [0.2, 0.25) is 0 Å². The fourth-order valence-electron chi connectivity index (χ4n) is 7.47. The van der Waals surface area contributed by atoms with Gasteiger partial charge in [0, 0.05) is 45.2 Å². The van der Waals surface area contributed by atoms with Gasteiger partial charge >= 0.3 is 0 Å². The van der Waals surface area contributed by atoms with Gasteiger partial charge in [-0.3, -0.25) is 0 Å². The fourth-order valence-corrected chi connectivity index (χ4v) is 7.47. The lowest BCUT2D eigenvalue weighted by molar-refractivity contribution is 0.741. The SMILES string of the molecule is CC1C=CC(n2c3c(c4ccccc42)C=C(C#N)CC3)=C(c2ccc3c(c2)C2C=CC=CC2N3c2cccc(C#N)c2)C1. The van der Waals surface area contributed by atoms with Crippen LogP contribution in [0.5, 0.6) is 0 Å². The van der Waals surface area contributed by atoms with Crippen molar-refractivity contribution in [3.8, 4) is 12.1 Å². The molecule has 3 unspecified atom stereocenters. The summed E-state index contributed by atoms with van der Waals surface area (Å²) < 4.78 is 2.46. The Morgan fingerprint density at radius 2 is 1.74 bits per heavy atom. The summed E-state index contributed by atoms with van der Waals surface area (Å²) in [6.45, 7) is 2.29. The minimum absolute atomic E-state index is 0.171. The molecular weight excluding hydrogens is 524 g/mol. The maximum atomic E-state index is 9.67. The van der Waals surface area contributed by atoms with Crippen LogP contribution in [0.2, 0.25) is 0 Å². The average molecular weight is 555 g/mol. The van der Waals surface area contributed by atoms with E-state index in [1.54, 1.807) is 0 Å². The van der Waals surface area contributed by atoms with E-state index in [1.165, 1.54) is 50.2 Å². The van der Waals surface area contributed by atoms with Crippen molar-refractivity contribution >= 4 is 39.6 Å². The Morgan fingerprint density at radius 1 is 0.860 bits per heavy atom. The first-order valence-electron chi connectivity index (χ1n) is 15.1. The molecule has 0 N–H and O–H groups in total. The number of para-hydroxylation sites is 1. The highest BCUT2D eigenvalue weighted by Crippen LogP contribution is 2.49. The van der Waals surface area contributed by atoms with Gasteiger partial charge in [0.15, 0.2) is 0 Å². The first-order valence-corrected chi connectivity index (χ1v) is 15.1. The van der Waals surface area contributed by atoms with Gasteiger partial charge in [-0.25, -0.2) is 0 Å². The summed E-state index contributed by atoms with van der Waals surface area (Å²) >= 11 is 0. The van der Waals surface area contributed by atoms with Crippen LogP contribution in [0.25, 0.3) is 28.2 Å². The number of hydrogen-bond donors (Lipinski definition) is 0. The van der Waals surface area contributed by atoms with Crippen LogP contribution >= 0.6 is 0 Å². The zero-order chi connectivity index (χ0) is 29.1. The summed E-state index contributed by atoms with van der Waals surface area (Å²) in [5.74, 6) is 0.672. The Bertz CT molecular complexity index is 2070. The highest BCUT2D eigenvalue weighted by molar-refractivity contribution is 6.00. The van der Waals surface area contributed by atoms with E-state index in [-0.39, 0.29) is 12.0 Å². The number of rotatable bonds is 3. The normalized spacial score (nSPS) is 21.7. The monoisotopic (exact) mass is 554 g/mol. The molecule has 0 radical (unpaired) electrons. The molecule has 0 saturated carbocycles. The first-order chi connectivity index (χ1) is 21.1. The van der Waals surface area contributed by atoms with Crippen LogP contribution in [0.1, 0.15) is 53.6 Å². The molecule has 3 aliphatic carbocycles. The Labute approximate surface area is 252 Å². The van der Waals surface area contributed by atoms with E-state index in [4.69, 9.17) is 0 Å². The zero-order valence-corrected chi connectivity index (χ0v) is 24.0. The Kier molecular flexibility index (Phi) is 5.85. The number of nitriles is 2. The highest BCUT2D eigenvalue weighted by atomic mass is 15.2. The van der Waals surface area contributed by atoms with Gasteiger partial charge in [-0.2, -0.15) is 10.5 Å². The summed E-state index contributed by atoms with van der Waals surface area (Å²) in [5, 5.41) is 20.5. The molecule has 4 aliphatic rings. The molecule has 8 rings (SSSR count). The van der Waals surface area contributed by atoms with Crippen molar-refractivity contribution in [3.05, 3.63) is 137 Å². The fraction of sp³-hybridized carbons (Fsp3) is 0.179. The van der Waals surface area contributed by atoms with E-state index in [9.17, 15) is 10.5 Å². The minimum atomic E-state index is 0.171. The molecule has 1 aliphatic heterocycles. The van der Waals surface area contributed by atoms with Crippen LogP contribution in [-0.2, 0) is 6.42 Å². The molecule has 3 aromatic carbocycles. The number of aromatic nitrogens is 1. The van der Waals surface area contributed by atoms with Gasteiger partial charge in [0.25, 0.3) is 0 Å². The third-order valence-corrected chi connectivity index (χ3v) is 9.42. The van der Waals surface area contributed by atoms with E-state index in [0.29, 0.717) is 11.5 Å². The minimum Gasteiger partial charge on any atom is -0.333 e. The number of nitrogens with zero attached hydrogens (tertiary/aromatic N) is 4. The Balaban J connectivity index is 1.32. The lowest BCUT2D eigenvalue weighted by Crippen LogP contribution is -2.28. The first kappa shape index (κ1) is 25.4. The molecule has 0 amide bonds. The Morgan fingerprint density at radius 3 is 2.63 bits per heavy atom. The largest absolute Gasteiger partial charge is 0.333 e. The van der Waals surface area contributed by atoms with Crippen molar-refractivity contribution in [2.75, 3.05) is 4.90 Å². The Hall–Kier alpha value is -5.32. The summed E-state index contributed by atoms with van der Waals surface area (Å²) in [7, 11) is 0. The van der Waals surface area contributed by atoms with Crippen molar-refractivity contribution in [1.82, 2.24) is 4.57 Å². The van der Waals surface area contributed by atoms with Crippen LogP contribution in [0, 0.1) is 28.6 Å². The van der Waals surface area contributed by atoms with Gasteiger partial charge in [-0.05, 0) is 90.4 Å². The number of allylic oxidation sites excluding steroid dienone is 7. The van der Waals surface area contributed by atoms with Crippen LogP contribution in [0.4, 0.5) is 11.4 Å². The van der Waals surface area contributed by atoms with Crippen LogP contribution in [-0.4, -0.2) is 10.6 Å². The molecule has 2 heterocycles. The predicted octanol–water partition coefficient (Wildman–Crippen LogP) is 9.06. The van der Waals surface area contributed by atoms with Crippen LogP contribution in [0.15, 0.2) is 109 Å². The van der Waals surface area contributed by atoms with Gasteiger partial charge < -0.3 is 9.47 Å². The van der Waals surface area contributed by atoms with Gasteiger partial charge in [-0.1, -0.05) is 67.6 Å². The average Bonchev–Trinajstić information content (AvgIpc) is 3.57. The number of hydrogen-bond acceptors (Lipinski definition) is 3. The summed E-state index contributed by atoms with van der Waals surface area (Å²) in [4.78, 5) is 2.39. The molecule has 43 heavy (non-hydrogen) atoms. The van der Waals surface area contributed by atoms with Crippen molar-refractivity contribution < 1.29 is 0 Å². The molecule has 206 valence electrons. The second-order valence-corrected chi connectivity index (χ2v) is 12.0. The van der Waals surface area contributed by atoms with Crippen LogP contribution < -0.4 is 4.90 Å². The van der Waals surface area contributed by atoms with Crippen molar-refractivity contribution in [2.24, 2.45) is 5.92 Å². The van der Waals surface area contributed by atoms with Gasteiger partial charge in [0.1, 0.15) is 0 Å². The molecule has 1 aromatic heterocycles. The van der Waals surface area contributed by atoms with E-state index in [1.807, 2.05) is 18.2 Å². The summed E-state index contributed by atoms with van der Waals surface area (Å²) in [6.07, 6.45) is 18.2. The number of fused-ring (bicyclic) bond motifs is 6. The topological polar surface area (TPSA) is 55.8 Å². The number of anilines is 2. The molecule has 4 nitrogen and oxygen atoms in total. The number of benzene rings is 3. The van der Waals surface area contributed by atoms with Gasteiger partial charge in [0.05, 0.1) is 29.3 Å². The van der Waals surface area contributed by atoms with Crippen molar-refractivity contribution in [3.63, 3.8) is 0 Å². The van der Waals surface area contributed by atoms with Crippen molar-refractivity contribution in [2.45, 2.75) is 38.1 Å². The maximum Gasteiger partial charge on any atom is 0.0992 e. The van der Waals surface area contributed by atoms with Crippen LogP contribution in [0.3, 0.4) is 0 Å². The quantitative estimate of drug-likeness (QED) is 0.254. The molecule has 4 heteroatoms. The van der Waals surface area contributed by atoms with E-state index >= 15 is 0 Å². The second kappa shape index (κ2) is 9.90. The maximum absolute atomic E-state index is 9.67. The smallest absolute Gasteiger partial charge is 0.0992 e.